The van der Waals surface area contributed by atoms with Crippen molar-refractivity contribution < 1.29 is 14.3 Å². The molecule has 5 heteroatoms. The van der Waals surface area contributed by atoms with Gasteiger partial charge in [0.1, 0.15) is 4.88 Å². The van der Waals surface area contributed by atoms with Gasteiger partial charge in [0.25, 0.3) is 5.91 Å². The zero-order valence-electron chi connectivity index (χ0n) is 15.6. The van der Waals surface area contributed by atoms with Gasteiger partial charge in [-0.1, -0.05) is 17.8 Å². The fourth-order valence-electron chi connectivity index (χ4n) is 2.60. The minimum absolute atomic E-state index is 0.160. The molecular weight excluding hydrogens is 358 g/mol. The van der Waals surface area contributed by atoms with Crippen molar-refractivity contribution in [1.82, 2.24) is 0 Å². The maximum atomic E-state index is 13.1. The maximum absolute atomic E-state index is 13.1. The second-order valence-electron chi connectivity index (χ2n) is 7.23. The molecule has 1 aromatic carbocycles. The van der Waals surface area contributed by atoms with Crippen LogP contribution in [0.25, 0.3) is 0 Å². The van der Waals surface area contributed by atoms with Crippen LogP contribution in [0.1, 0.15) is 58.2 Å². The number of cyclic esters (lactones) is 1. The molecule has 1 aliphatic rings. The van der Waals surface area contributed by atoms with Crippen LogP contribution in [0.2, 0.25) is 0 Å². The van der Waals surface area contributed by atoms with Gasteiger partial charge in [0.2, 0.25) is 0 Å². The number of esters is 1. The van der Waals surface area contributed by atoms with E-state index in [1.165, 1.54) is 16.2 Å². The number of carbonyl (C=O) groups excluding carboxylic acids is 2. The van der Waals surface area contributed by atoms with E-state index in [-0.39, 0.29) is 11.3 Å². The lowest BCUT2D eigenvalue weighted by molar-refractivity contribution is 0.0304. The second kappa shape index (κ2) is 6.95. The summed E-state index contributed by atoms with van der Waals surface area (Å²) in [4.78, 5) is 27.9. The van der Waals surface area contributed by atoms with Gasteiger partial charge in [0.05, 0.1) is 10.6 Å². The van der Waals surface area contributed by atoms with Crippen LogP contribution in [0.5, 0.6) is 0 Å². The molecule has 0 bridgehead atoms. The Balaban J connectivity index is 2.01. The summed E-state index contributed by atoms with van der Waals surface area (Å²) in [5.74, 6) is 8.08. The molecule has 1 atom stereocenters. The molecule has 2 aromatic rings. The average Bonchev–Trinajstić information content (AvgIpc) is 3.04. The van der Waals surface area contributed by atoms with E-state index in [1.54, 1.807) is 37.3 Å². The second-order valence-corrected chi connectivity index (χ2v) is 8.28. The molecule has 0 aliphatic carbocycles. The third kappa shape index (κ3) is 3.89. The minimum Gasteiger partial charge on any atom is -0.437 e. The highest BCUT2D eigenvalue weighted by atomic mass is 32.1. The lowest BCUT2D eigenvalue weighted by atomic mass is 9.98. The molecule has 1 aliphatic heterocycles. The minimum atomic E-state index is -0.706. The van der Waals surface area contributed by atoms with Crippen LogP contribution < -0.4 is 4.90 Å². The highest BCUT2D eigenvalue weighted by Gasteiger charge is 2.36. The largest absolute Gasteiger partial charge is 0.437 e. The smallest absolute Gasteiger partial charge is 0.352 e. The number of hydrogen-bond acceptors (Lipinski definition) is 4. The number of fused-ring (bicyclic) bond motifs is 1. The first-order chi connectivity index (χ1) is 12.7. The van der Waals surface area contributed by atoms with E-state index in [2.05, 4.69) is 17.8 Å². The van der Waals surface area contributed by atoms with E-state index in [0.717, 1.165) is 4.88 Å². The van der Waals surface area contributed by atoms with E-state index < -0.39 is 12.2 Å². The number of terminal acetylenes is 1. The fourth-order valence-corrected chi connectivity index (χ4v) is 3.48. The van der Waals surface area contributed by atoms with Crippen LogP contribution in [0.15, 0.2) is 30.3 Å². The molecule has 136 valence electrons. The van der Waals surface area contributed by atoms with Gasteiger partial charge < -0.3 is 4.74 Å². The number of rotatable bonds is 1. The van der Waals surface area contributed by atoms with E-state index in [9.17, 15) is 9.59 Å². The lowest BCUT2D eigenvalue weighted by Gasteiger charge is -2.32. The Morgan fingerprint density at radius 2 is 1.93 bits per heavy atom. The number of benzene rings is 1. The third-order valence-corrected chi connectivity index (χ3v) is 4.90. The molecular formula is C22H19NO3S. The summed E-state index contributed by atoms with van der Waals surface area (Å²) in [6.07, 6.45) is 4.66. The molecule has 0 saturated carbocycles. The average molecular weight is 377 g/mol. The normalized spacial score (nSPS) is 15.9. The lowest BCUT2D eigenvalue weighted by Crippen LogP contribution is -2.45. The number of anilines is 1. The number of carbonyl (C=O) groups is 2. The van der Waals surface area contributed by atoms with Crippen LogP contribution in [0.4, 0.5) is 5.69 Å². The highest BCUT2D eigenvalue weighted by molar-refractivity contribution is 7.15. The van der Waals surface area contributed by atoms with E-state index >= 15 is 0 Å². The number of thiophene rings is 1. The molecule has 0 fully saturated rings. The van der Waals surface area contributed by atoms with Gasteiger partial charge in [0, 0.05) is 16.5 Å². The first kappa shape index (κ1) is 18.8. The van der Waals surface area contributed by atoms with Crippen molar-refractivity contribution in [2.75, 3.05) is 4.90 Å². The summed E-state index contributed by atoms with van der Waals surface area (Å²) in [7, 11) is 0. The summed E-state index contributed by atoms with van der Waals surface area (Å²) in [6, 6.07) is 8.55. The molecule has 2 heterocycles. The van der Waals surface area contributed by atoms with E-state index in [1.807, 2.05) is 20.8 Å². The Morgan fingerprint density at radius 1 is 1.26 bits per heavy atom. The van der Waals surface area contributed by atoms with Crippen molar-refractivity contribution in [3.8, 4) is 24.2 Å². The number of nitrogens with zero attached hydrogens (tertiary/aromatic N) is 1. The zero-order chi connectivity index (χ0) is 19.8. The van der Waals surface area contributed by atoms with Crippen LogP contribution in [0, 0.1) is 29.6 Å². The number of amides is 1. The highest BCUT2D eigenvalue weighted by Crippen LogP contribution is 2.37. The van der Waals surface area contributed by atoms with Crippen molar-refractivity contribution in [3.63, 3.8) is 0 Å². The van der Waals surface area contributed by atoms with E-state index in [4.69, 9.17) is 11.2 Å². The molecule has 3 rings (SSSR count). The summed E-state index contributed by atoms with van der Waals surface area (Å²) >= 11 is 1.24. The molecule has 1 unspecified atom stereocenters. The summed E-state index contributed by atoms with van der Waals surface area (Å²) in [6.45, 7) is 7.71. The Kier molecular flexibility index (Phi) is 4.83. The van der Waals surface area contributed by atoms with Crippen molar-refractivity contribution in [2.45, 2.75) is 33.9 Å². The fraction of sp³-hybridized carbons (Fsp3) is 0.273. The molecule has 0 spiro atoms. The molecule has 0 radical (unpaired) electrons. The van der Waals surface area contributed by atoms with Gasteiger partial charge >= 0.3 is 5.97 Å². The SMILES string of the molecule is C#Cc1ccc(C(=O)N2c3cc(C#CC(C)(C)C)sc3C(=O)OC2C)cc1. The van der Waals surface area contributed by atoms with Crippen molar-refractivity contribution in [2.24, 2.45) is 5.41 Å². The van der Waals surface area contributed by atoms with Gasteiger partial charge in [-0.05, 0) is 58.0 Å². The van der Waals surface area contributed by atoms with Crippen LogP contribution in [0.3, 0.4) is 0 Å². The predicted octanol–water partition coefficient (Wildman–Crippen LogP) is 4.29. The van der Waals surface area contributed by atoms with Crippen molar-refractivity contribution in [1.29, 1.82) is 0 Å². The van der Waals surface area contributed by atoms with Gasteiger partial charge in [-0.2, -0.15) is 0 Å². The molecule has 1 amide bonds. The van der Waals surface area contributed by atoms with Gasteiger partial charge in [-0.15, -0.1) is 17.8 Å². The van der Waals surface area contributed by atoms with Crippen LogP contribution >= 0.6 is 11.3 Å². The summed E-state index contributed by atoms with van der Waals surface area (Å²) in [5, 5.41) is 0. The number of hydrogen-bond donors (Lipinski definition) is 0. The monoisotopic (exact) mass is 377 g/mol. The molecule has 27 heavy (non-hydrogen) atoms. The van der Waals surface area contributed by atoms with Gasteiger partial charge in [0.15, 0.2) is 6.23 Å². The maximum Gasteiger partial charge on any atom is 0.352 e. The number of ether oxygens (including phenoxy) is 1. The van der Waals surface area contributed by atoms with Gasteiger partial charge in [-0.25, -0.2) is 4.79 Å². The first-order valence-corrected chi connectivity index (χ1v) is 9.29. The predicted molar refractivity (Wildman–Crippen MR) is 107 cm³/mol. The topological polar surface area (TPSA) is 46.6 Å². The van der Waals surface area contributed by atoms with Gasteiger partial charge in [-0.3, -0.25) is 9.69 Å². The van der Waals surface area contributed by atoms with Crippen molar-refractivity contribution in [3.05, 3.63) is 51.2 Å². The van der Waals surface area contributed by atoms with Crippen LogP contribution in [-0.2, 0) is 4.74 Å². The Labute approximate surface area is 163 Å². The zero-order valence-corrected chi connectivity index (χ0v) is 16.4. The summed E-state index contributed by atoms with van der Waals surface area (Å²) in [5.41, 5.74) is 1.54. The van der Waals surface area contributed by atoms with Crippen molar-refractivity contribution >= 4 is 28.9 Å². The molecule has 0 N–H and O–H groups in total. The van der Waals surface area contributed by atoms with E-state index in [0.29, 0.717) is 21.7 Å². The quantitative estimate of drug-likeness (QED) is 0.550. The molecule has 0 saturated heterocycles. The first-order valence-electron chi connectivity index (χ1n) is 8.48. The molecule has 1 aromatic heterocycles. The Morgan fingerprint density at radius 3 is 2.52 bits per heavy atom. The van der Waals surface area contributed by atoms with Crippen LogP contribution in [-0.4, -0.2) is 18.1 Å². The summed E-state index contributed by atoms with van der Waals surface area (Å²) < 4.78 is 5.37. The Hall–Kier alpha value is -3.02. The standard InChI is InChI=1S/C22H19NO3S/c1-6-15-7-9-16(10-8-15)20(24)23-14(2)26-21(25)19-18(23)13-17(27-19)11-12-22(3,4)5/h1,7-10,13-14H,2-5H3. The molecule has 4 nitrogen and oxygen atoms in total. The Bertz CT molecular complexity index is 1010. The third-order valence-electron chi connectivity index (χ3n) is 3.88.